The standard InChI is InChI=1S/C38H42FN3O5/c1-25(40-36(44)47-38(5,6)7)31-13-11-14-32(35(31)39)29-21-26(16-17-30-18-19-42(8)41-30)20-27(22-29)24-45-33-15-10-9-12-28(33)23-34(43)46-37(2,3)4/h9-15,18-22,25H,23-24H2,1-8H3,(H,40,44). The average molecular weight is 640 g/mol. The maximum Gasteiger partial charge on any atom is 0.408 e. The molecular formula is C38H42FN3O5. The number of esters is 1. The summed E-state index contributed by atoms with van der Waals surface area (Å²) in [6.07, 6.45) is 1.23. The van der Waals surface area contributed by atoms with Crippen LogP contribution < -0.4 is 10.1 Å². The second-order valence-corrected chi connectivity index (χ2v) is 13.3. The van der Waals surface area contributed by atoms with Crippen molar-refractivity contribution < 1.29 is 28.2 Å². The van der Waals surface area contributed by atoms with Crippen LogP contribution in [0.5, 0.6) is 5.75 Å². The zero-order valence-electron chi connectivity index (χ0n) is 28.2. The van der Waals surface area contributed by atoms with Crippen molar-refractivity contribution >= 4 is 12.1 Å². The van der Waals surface area contributed by atoms with E-state index in [0.717, 1.165) is 5.56 Å². The first-order valence-corrected chi connectivity index (χ1v) is 15.4. The van der Waals surface area contributed by atoms with Crippen LogP contribution in [-0.4, -0.2) is 33.0 Å². The van der Waals surface area contributed by atoms with Gasteiger partial charge >= 0.3 is 12.1 Å². The van der Waals surface area contributed by atoms with Crippen molar-refractivity contribution in [3.63, 3.8) is 0 Å². The Labute approximate surface area is 276 Å². The average Bonchev–Trinajstić information content (AvgIpc) is 3.38. The largest absolute Gasteiger partial charge is 0.489 e. The van der Waals surface area contributed by atoms with Crippen molar-refractivity contribution in [3.8, 4) is 28.7 Å². The summed E-state index contributed by atoms with van der Waals surface area (Å²) in [6.45, 7) is 12.6. The van der Waals surface area contributed by atoms with Gasteiger partial charge in [0.05, 0.1) is 12.5 Å². The number of nitrogens with one attached hydrogen (secondary N) is 1. The Morgan fingerprint density at radius 3 is 2.34 bits per heavy atom. The fourth-order valence-electron chi connectivity index (χ4n) is 4.78. The van der Waals surface area contributed by atoms with Gasteiger partial charge in [0.25, 0.3) is 0 Å². The van der Waals surface area contributed by atoms with Crippen LogP contribution in [0, 0.1) is 17.7 Å². The van der Waals surface area contributed by atoms with Gasteiger partial charge in [0, 0.05) is 35.5 Å². The number of nitrogens with zero attached hydrogens (tertiary/aromatic N) is 2. The minimum atomic E-state index is -0.685. The van der Waals surface area contributed by atoms with Crippen molar-refractivity contribution in [2.75, 3.05) is 0 Å². The molecule has 0 radical (unpaired) electrons. The molecule has 0 bridgehead atoms. The summed E-state index contributed by atoms with van der Waals surface area (Å²) >= 11 is 0. The van der Waals surface area contributed by atoms with Gasteiger partial charge in [-0.3, -0.25) is 9.48 Å². The Bertz CT molecular complexity index is 1800. The van der Waals surface area contributed by atoms with Gasteiger partial charge in [0.2, 0.25) is 0 Å². The van der Waals surface area contributed by atoms with Gasteiger partial charge in [0.15, 0.2) is 0 Å². The Kier molecular flexibility index (Phi) is 10.8. The molecule has 1 atom stereocenters. The molecule has 0 saturated heterocycles. The highest BCUT2D eigenvalue weighted by molar-refractivity contribution is 5.74. The van der Waals surface area contributed by atoms with Gasteiger partial charge in [-0.1, -0.05) is 42.3 Å². The molecule has 4 aromatic rings. The predicted octanol–water partition coefficient (Wildman–Crippen LogP) is 7.67. The third-order valence-corrected chi connectivity index (χ3v) is 6.70. The van der Waals surface area contributed by atoms with Crippen molar-refractivity contribution in [2.24, 2.45) is 7.05 Å². The summed E-state index contributed by atoms with van der Waals surface area (Å²) in [4.78, 5) is 25.0. The van der Waals surface area contributed by atoms with Crippen LogP contribution in [0.25, 0.3) is 11.1 Å². The van der Waals surface area contributed by atoms with Crippen LogP contribution in [0.2, 0.25) is 0 Å². The predicted molar refractivity (Wildman–Crippen MR) is 179 cm³/mol. The van der Waals surface area contributed by atoms with Crippen LogP contribution in [0.15, 0.2) is 72.9 Å². The molecule has 0 spiro atoms. The molecular weight excluding hydrogens is 597 g/mol. The third kappa shape index (κ3) is 10.5. The van der Waals surface area contributed by atoms with E-state index in [1.165, 1.54) is 0 Å². The third-order valence-electron chi connectivity index (χ3n) is 6.70. The monoisotopic (exact) mass is 639 g/mol. The molecule has 8 nitrogen and oxygen atoms in total. The molecule has 246 valence electrons. The lowest BCUT2D eigenvalue weighted by atomic mass is 9.96. The Morgan fingerprint density at radius 2 is 1.66 bits per heavy atom. The Balaban J connectivity index is 1.66. The fourth-order valence-corrected chi connectivity index (χ4v) is 4.78. The number of aromatic nitrogens is 2. The van der Waals surface area contributed by atoms with E-state index in [2.05, 4.69) is 22.3 Å². The molecule has 0 aliphatic heterocycles. The molecule has 0 aliphatic carbocycles. The van der Waals surface area contributed by atoms with Gasteiger partial charge in [0.1, 0.15) is 35.1 Å². The molecule has 1 N–H and O–H groups in total. The molecule has 0 saturated carbocycles. The first kappa shape index (κ1) is 34.8. The molecule has 1 aromatic heterocycles. The van der Waals surface area contributed by atoms with Crippen LogP contribution >= 0.6 is 0 Å². The SMILES string of the molecule is CC(NC(=O)OC(C)(C)C)c1cccc(-c2cc(C#Cc3ccn(C)n3)cc(COc3ccccc3CC(=O)OC(C)(C)C)c2)c1F. The number of carbonyl (C=O) groups excluding carboxylic acids is 2. The van der Waals surface area contributed by atoms with Crippen molar-refractivity contribution in [1.29, 1.82) is 0 Å². The normalized spacial score (nSPS) is 12.0. The van der Waals surface area contributed by atoms with Gasteiger partial charge in [-0.15, -0.1) is 0 Å². The van der Waals surface area contributed by atoms with Gasteiger partial charge in [-0.2, -0.15) is 5.10 Å². The van der Waals surface area contributed by atoms with Crippen molar-refractivity contribution in [3.05, 3.63) is 107 Å². The molecule has 4 rings (SSSR count). The van der Waals surface area contributed by atoms with Crippen molar-refractivity contribution in [1.82, 2.24) is 15.1 Å². The van der Waals surface area contributed by atoms with Gasteiger partial charge in [-0.25, -0.2) is 9.18 Å². The molecule has 9 heteroatoms. The zero-order chi connectivity index (χ0) is 34.4. The summed E-state index contributed by atoms with van der Waals surface area (Å²) in [6, 6.07) is 19.1. The van der Waals surface area contributed by atoms with Crippen molar-refractivity contribution in [2.45, 2.75) is 78.7 Å². The summed E-state index contributed by atoms with van der Waals surface area (Å²) in [7, 11) is 1.82. The molecule has 3 aromatic carbocycles. The molecule has 0 fully saturated rings. The number of rotatable bonds is 8. The van der Waals surface area contributed by atoms with Crippen LogP contribution in [0.1, 0.15) is 82.5 Å². The maximum atomic E-state index is 16.1. The van der Waals surface area contributed by atoms with E-state index >= 15 is 4.39 Å². The summed E-state index contributed by atoms with van der Waals surface area (Å²) < 4.78 is 34.9. The lowest BCUT2D eigenvalue weighted by molar-refractivity contribution is -0.153. The Morgan fingerprint density at radius 1 is 0.936 bits per heavy atom. The summed E-state index contributed by atoms with van der Waals surface area (Å²) in [5, 5.41) is 7.05. The van der Waals surface area contributed by atoms with E-state index < -0.39 is 29.2 Å². The highest BCUT2D eigenvalue weighted by Gasteiger charge is 2.22. The number of amides is 1. The van der Waals surface area contributed by atoms with E-state index in [-0.39, 0.29) is 19.0 Å². The van der Waals surface area contributed by atoms with E-state index in [4.69, 9.17) is 14.2 Å². The highest BCUT2D eigenvalue weighted by Crippen LogP contribution is 2.31. The van der Waals surface area contributed by atoms with E-state index in [0.29, 0.717) is 39.3 Å². The molecule has 1 heterocycles. The van der Waals surface area contributed by atoms with Gasteiger partial charge < -0.3 is 19.5 Å². The minimum Gasteiger partial charge on any atom is -0.489 e. The van der Waals surface area contributed by atoms with Crippen LogP contribution in [0.4, 0.5) is 9.18 Å². The quantitative estimate of drug-likeness (QED) is 0.157. The Hall–Kier alpha value is -5.10. The zero-order valence-corrected chi connectivity index (χ0v) is 28.2. The number of alkyl carbamates (subject to hydrolysis) is 1. The van der Waals surface area contributed by atoms with E-state index in [1.807, 2.05) is 76.5 Å². The lowest BCUT2D eigenvalue weighted by Gasteiger charge is -2.22. The first-order chi connectivity index (χ1) is 22.1. The smallest absolute Gasteiger partial charge is 0.408 e. The maximum absolute atomic E-state index is 16.1. The van der Waals surface area contributed by atoms with E-state index in [1.54, 1.807) is 56.6 Å². The molecule has 1 amide bonds. The number of benzene rings is 3. The second kappa shape index (κ2) is 14.5. The molecule has 1 unspecified atom stereocenters. The number of aryl methyl sites for hydroxylation is 1. The lowest BCUT2D eigenvalue weighted by Crippen LogP contribution is -2.34. The molecule has 47 heavy (non-hydrogen) atoms. The fraction of sp³-hybridized carbons (Fsp3) is 0.342. The van der Waals surface area contributed by atoms with E-state index in [9.17, 15) is 9.59 Å². The number of hydrogen-bond acceptors (Lipinski definition) is 6. The summed E-state index contributed by atoms with van der Waals surface area (Å²) in [5.74, 6) is 5.93. The van der Waals surface area contributed by atoms with Gasteiger partial charge in [-0.05, 0) is 95.8 Å². The first-order valence-electron chi connectivity index (χ1n) is 15.4. The number of para-hydroxylation sites is 1. The van der Waals surface area contributed by atoms with Crippen LogP contribution in [0.3, 0.4) is 0 Å². The minimum absolute atomic E-state index is 0.0573. The number of hydrogen-bond donors (Lipinski definition) is 1. The number of halogens is 1. The van der Waals surface area contributed by atoms with Crippen LogP contribution in [-0.2, 0) is 34.3 Å². The highest BCUT2D eigenvalue weighted by atomic mass is 19.1. The topological polar surface area (TPSA) is 91.7 Å². The molecule has 0 aliphatic rings. The summed E-state index contributed by atoms with van der Waals surface area (Å²) in [5.41, 5.74) is 2.62. The number of ether oxygens (including phenoxy) is 3. The number of carbonyl (C=O) groups is 2. The second-order valence-electron chi connectivity index (χ2n) is 13.3.